The van der Waals surface area contributed by atoms with E-state index in [1.165, 1.54) is 4.90 Å². The molecule has 5 nitrogen and oxygen atoms in total. The minimum absolute atomic E-state index is 0. The predicted molar refractivity (Wildman–Crippen MR) is 75.9 cm³/mol. The van der Waals surface area contributed by atoms with Crippen LogP contribution in [0.25, 0.3) is 0 Å². The van der Waals surface area contributed by atoms with Crippen LogP contribution in [0.3, 0.4) is 0 Å². The number of nitrogens with one attached hydrogen (secondary N) is 1. The first-order valence-corrected chi connectivity index (χ1v) is 6.15. The molecule has 0 aliphatic heterocycles. The van der Waals surface area contributed by atoms with Crippen LogP contribution in [-0.2, 0) is 9.59 Å². The summed E-state index contributed by atoms with van der Waals surface area (Å²) in [7, 11) is 3.49. The quantitative estimate of drug-likeness (QED) is 0.742. The standard InChI is InChI=1S/C12H25N3O2.ClH/c1-6-15(7-2)11(16)9-14(5)12(17)10(3)8-13-4;/h10,13H,6-9H2,1-5H3;1H. The molecule has 0 aromatic heterocycles. The molecule has 0 aromatic rings. The maximum absolute atomic E-state index is 11.9. The summed E-state index contributed by atoms with van der Waals surface area (Å²) < 4.78 is 0. The summed E-state index contributed by atoms with van der Waals surface area (Å²) in [4.78, 5) is 26.9. The molecule has 108 valence electrons. The van der Waals surface area contributed by atoms with Gasteiger partial charge in [0.05, 0.1) is 6.54 Å². The Morgan fingerprint density at radius 3 is 2.11 bits per heavy atom. The highest BCUT2D eigenvalue weighted by Gasteiger charge is 2.20. The van der Waals surface area contributed by atoms with E-state index >= 15 is 0 Å². The Labute approximate surface area is 116 Å². The van der Waals surface area contributed by atoms with Crippen molar-refractivity contribution in [3.05, 3.63) is 0 Å². The van der Waals surface area contributed by atoms with Gasteiger partial charge < -0.3 is 15.1 Å². The van der Waals surface area contributed by atoms with Crippen LogP contribution in [-0.4, -0.2) is 61.9 Å². The van der Waals surface area contributed by atoms with Gasteiger partial charge >= 0.3 is 0 Å². The number of hydrogen-bond donors (Lipinski definition) is 1. The molecule has 0 saturated heterocycles. The molecule has 2 amide bonds. The SMILES string of the molecule is CCN(CC)C(=O)CN(C)C(=O)C(C)CNC.Cl. The number of carbonyl (C=O) groups is 2. The van der Waals surface area contributed by atoms with Gasteiger partial charge in [-0.2, -0.15) is 0 Å². The van der Waals surface area contributed by atoms with Gasteiger partial charge in [-0.3, -0.25) is 9.59 Å². The average Bonchev–Trinajstić information content (AvgIpc) is 2.29. The summed E-state index contributed by atoms with van der Waals surface area (Å²) in [5.74, 6) is -0.100. The van der Waals surface area contributed by atoms with Gasteiger partial charge in [-0.1, -0.05) is 6.92 Å². The van der Waals surface area contributed by atoms with Crippen LogP contribution >= 0.6 is 12.4 Å². The van der Waals surface area contributed by atoms with Crippen molar-refractivity contribution in [1.82, 2.24) is 15.1 Å². The number of hydrogen-bond acceptors (Lipinski definition) is 3. The average molecular weight is 280 g/mol. The van der Waals surface area contributed by atoms with E-state index in [4.69, 9.17) is 0 Å². The Hall–Kier alpha value is -0.810. The molecule has 0 heterocycles. The van der Waals surface area contributed by atoms with Gasteiger partial charge in [-0.15, -0.1) is 12.4 Å². The molecule has 0 radical (unpaired) electrons. The number of amides is 2. The minimum Gasteiger partial charge on any atom is -0.342 e. The van der Waals surface area contributed by atoms with E-state index in [0.717, 1.165) is 0 Å². The van der Waals surface area contributed by atoms with Crippen LogP contribution in [0.1, 0.15) is 20.8 Å². The topological polar surface area (TPSA) is 52.7 Å². The number of rotatable bonds is 7. The van der Waals surface area contributed by atoms with E-state index < -0.39 is 0 Å². The summed E-state index contributed by atoms with van der Waals surface area (Å²) >= 11 is 0. The van der Waals surface area contributed by atoms with Gasteiger partial charge in [0.2, 0.25) is 11.8 Å². The molecule has 0 aromatic carbocycles. The van der Waals surface area contributed by atoms with E-state index in [1.807, 2.05) is 27.8 Å². The molecule has 1 atom stereocenters. The molecule has 1 N–H and O–H groups in total. The van der Waals surface area contributed by atoms with Crippen molar-refractivity contribution in [1.29, 1.82) is 0 Å². The van der Waals surface area contributed by atoms with Gasteiger partial charge in [0.25, 0.3) is 0 Å². The zero-order valence-corrected chi connectivity index (χ0v) is 12.8. The van der Waals surface area contributed by atoms with E-state index in [9.17, 15) is 9.59 Å². The zero-order valence-electron chi connectivity index (χ0n) is 12.0. The van der Waals surface area contributed by atoms with Crippen molar-refractivity contribution in [2.75, 3.05) is 40.3 Å². The fourth-order valence-corrected chi connectivity index (χ4v) is 1.73. The van der Waals surface area contributed by atoms with Crippen molar-refractivity contribution >= 4 is 24.2 Å². The Morgan fingerprint density at radius 2 is 1.72 bits per heavy atom. The second kappa shape index (κ2) is 10.1. The van der Waals surface area contributed by atoms with Crippen molar-refractivity contribution in [3.8, 4) is 0 Å². The normalized spacial score (nSPS) is 11.4. The molecular weight excluding hydrogens is 254 g/mol. The lowest BCUT2D eigenvalue weighted by molar-refractivity contribution is -0.141. The van der Waals surface area contributed by atoms with Crippen molar-refractivity contribution in [2.24, 2.45) is 5.92 Å². The fourth-order valence-electron chi connectivity index (χ4n) is 1.73. The first kappa shape index (κ1) is 19.5. The third-order valence-electron chi connectivity index (χ3n) is 2.80. The lowest BCUT2D eigenvalue weighted by atomic mass is 10.1. The molecule has 0 spiro atoms. The minimum atomic E-state index is -0.102. The van der Waals surface area contributed by atoms with Gasteiger partial charge in [-0.05, 0) is 20.9 Å². The summed E-state index contributed by atoms with van der Waals surface area (Å²) in [5, 5.41) is 2.96. The predicted octanol–water partition coefficient (Wildman–Crippen LogP) is 0.591. The van der Waals surface area contributed by atoms with Crippen LogP contribution in [0.15, 0.2) is 0 Å². The van der Waals surface area contributed by atoms with E-state index in [0.29, 0.717) is 19.6 Å². The Balaban J connectivity index is 0. The van der Waals surface area contributed by atoms with Crippen LogP contribution in [0, 0.1) is 5.92 Å². The van der Waals surface area contributed by atoms with Gasteiger partial charge in [0.1, 0.15) is 0 Å². The van der Waals surface area contributed by atoms with E-state index in [2.05, 4.69) is 5.32 Å². The van der Waals surface area contributed by atoms with Crippen LogP contribution in [0.2, 0.25) is 0 Å². The van der Waals surface area contributed by atoms with Crippen molar-refractivity contribution in [2.45, 2.75) is 20.8 Å². The van der Waals surface area contributed by atoms with Crippen LogP contribution < -0.4 is 5.32 Å². The highest BCUT2D eigenvalue weighted by molar-refractivity contribution is 5.86. The molecule has 0 aliphatic rings. The van der Waals surface area contributed by atoms with Crippen LogP contribution in [0.4, 0.5) is 0 Å². The zero-order chi connectivity index (χ0) is 13.4. The molecule has 0 rings (SSSR count). The Morgan fingerprint density at radius 1 is 1.22 bits per heavy atom. The summed E-state index contributed by atoms with van der Waals surface area (Å²) in [6.45, 7) is 7.89. The largest absolute Gasteiger partial charge is 0.342 e. The molecule has 0 bridgehead atoms. The van der Waals surface area contributed by atoms with Gasteiger partial charge in [-0.25, -0.2) is 0 Å². The van der Waals surface area contributed by atoms with Crippen molar-refractivity contribution < 1.29 is 9.59 Å². The molecule has 0 aliphatic carbocycles. The third kappa shape index (κ3) is 6.21. The highest BCUT2D eigenvalue weighted by atomic mass is 35.5. The molecule has 0 fully saturated rings. The maximum Gasteiger partial charge on any atom is 0.242 e. The smallest absolute Gasteiger partial charge is 0.242 e. The Bertz CT molecular complexity index is 258. The number of nitrogens with zero attached hydrogens (tertiary/aromatic N) is 2. The summed E-state index contributed by atoms with van der Waals surface area (Å²) in [6.07, 6.45) is 0. The maximum atomic E-state index is 11.9. The first-order valence-electron chi connectivity index (χ1n) is 6.15. The monoisotopic (exact) mass is 279 g/mol. The summed E-state index contributed by atoms with van der Waals surface area (Å²) in [5.41, 5.74) is 0. The third-order valence-corrected chi connectivity index (χ3v) is 2.80. The number of carbonyl (C=O) groups excluding carboxylic acids is 2. The molecule has 0 saturated carbocycles. The number of halogens is 1. The van der Waals surface area contributed by atoms with E-state index in [-0.39, 0.29) is 36.7 Å². The van der Waals surface area contributed by atoms with Gasteiger partial charge in [0.15, 0.2) is 0 Å². The lowest BCUT2D eigenvalue weighted by Gasteiger charge is -2.25. The summed E-state index contributed by atoms with van der Waals surface area (Å²) in [6, 6.07) is 0. The number of likely N-dealkylation sites (N-methyl/N-ethyl adjacent to an activating group) is 2. The molecule has 1 unspecified atom stereocenters. The van der Waals surface area contributed by atoms with Gasteiger partial charge in [0, 0.05) is 32.6 Å². The second-order valence-electron chi connectivity index (χ2n) is 4.22. The highest BCUT2D eigenvalue weighted by Crippen LogP contribution is 2.00. The van der Waals surface area contributed by atoms with Crippen molar-refractivity contribution in [3.63, 3.8) is 0 Å². The molecule has 6 heteroatoms. The van der Waals surface area contributed by atoms with E-state index in [1.54, 1.807) is 11.9 Å². The second-order valence-corrected chi connectivity index (χ2v) is 4.22. The first-order chi connectivity index (χ1) is 7.97. The van der Waals surface area contributed by atoms with Crippen LogP contribution in [0.5, 0.6) is 0 Å². The fraction of sp³-hybridized carbons (Fsp3) is 0.833. The molecular formula is C12H26ClN3O2. The molecule has 18 heavy (non-hydrogen) atoms. The lowest BCUT2D eigenvalue weighted by Crippen LogP contribution is -2.43. The Kier molecular flexibility index (Phi) is 11.0.